The summed E-state index contributed by atoms with van der Waals surface area (Å²) < 4.78 is 11.7. The van der Waals surface area contributed by atoms with E-state index in [4.69, 9.17) is 9.47 Å². The number of amides is 2. The summed E-state index contributed by atoms with van der Waals surface area (Å²) in [6.07, 6.45) is 1.16. The van der Waals surface area contributed by atoms with E-state index in [0.29, 0.717) is 32.5 Å². The number of nitrogens with zero attached hydrogens (tertiary/aromatic N) is 2. The molecule has 0 aliphatic carbocycles. The van der Waals surface area contributed by atoms with Gasteiger partial charge < -0.3 is 19.3 Å². The topological polar surface area (TPSA) is 59.1 Å². The third kappa shape index (κ3) is 4.02. The van der Waals surface area contributed by atoms with Crippen molar-refractivity contribution in [3.63, 3.8) is 0 Å². The number of piperidine rings is 1. The normalized spacial score (nSPS) is 23.8. The molecule has 2 heterocycles. The molecule has 6 heteroatoms. The summed E-state index contributed by atoms with van der Waals surface area (Å²) in [6, 6.07) is 0.140. The molecule has 0 radical (unpaired) electrons. The SMILES string of the molecule is CC(C)N1CC2(CCN(C(=O)OC(C)(C)C)CC2)OC(C)(C)C1=O. The van der Waals surface area contributed by atoms with Gasteiger partial charge in [0, 0.05) is 19.1 Å². The Morgan fingerprint density at radius 3 is 2.21 bits per heavy atom. The maximum absolute atomic E-state index is 12.6. The average Bonchev–Trinajstić information content (AvgIpc) is 2.41. The third-order valence-electron chi connectivity index (χ3n) is 4.66. The van der Waals surface area contributed by atoms with Crippen LogP contribution in [0.1, 0.15) is 61.3 Å². The molecule has 0 saturated carbocycles. The number of hydrogen-bond acceptors (Lipinski definition) is 4. The van der Waals surface area contributed by atoms with E-state index in [1.165, 1.54) is 0 Å². The van der Waals surface area contributed by atoms with Crippen LogP contribution in [-0.2, 0) is 14.3 Å². The van der Waals surface area contributed by atoms with E-state index in [1.54, 1.807) is 4.90 Å². The van der Waals surface area contributed by atoms with Crippen LogP contribution in [0.3, 0.4) is 0 Å². The first-order valence-corrected chi connectivity index (χ1v) is 8.84. The Labute approximate surface area is 145 Å². The van der Waals surface area contributed by atoms with Crippen LogP contribution in [0, 0.1) is 0 Å². The summed E-state index contributed by atoms with van der Waals surface area (Å²) in [6.45, 7) is 15.1. The smallest absolute Gasteiger partial charge is 0.410 e. The van der Waals surface area contributed by atoms with Gasteiger partial charge in [-0.3, -0.25) is 4.79 Å². The van der Waals surface area contributed by atoms with Crippen molar-refractivity contribution in [2.75, 3.05) is 19.6 Å². The molecule has 0 bridgehead atoms. The van der Waals surface area contributed by atoms with Gasteiger partial charge in [0.25, 0.3) is 5.91 Å². The summed E-state index contributed by atoms with van der Waals surface area (Å²) in [4.78, 5) is 28.4. The van der Waals surface area contributed by atoms with Gasteiger partial charge in [0.1, 0.15) is 11.2 Å². The van der Waals surface area contributed by atoms with Gasteiger partial charge in [0.2, 0.25) is 0 Å². The summed E-state index contributed by atoms with van der Waals surface area (Å²) in [5.41, 5.74) is -1.69. The van der Waals surface area contributed by atoms with E-state index in [2.05, 4.69) is 0 Å². The maximum atomic E-state index is 12.6. The Morgan fingerprint density at radius 2 is 1.75 bits per heavy atom. The molecule has 0 aromatic heterocycles. The highest BCUT2D eigenvalue weighted by Crippen LogP contribution is 2.38. The molecule has 2 fully saturated rings. The number of rotatable bonds is 1. The van der Waals surface area contributed by atoms with Crippen LogP contribution < -0.4 is 0 Å². The number of ether oxygens (including phenoxy) is 2. The molecule has 2 aliphatic heterocycles. The lowest BCUT2D eigenvalue weighted by Crippen LogP contribution is -2.66. The second kappa shape index (κ2) is 6.21. The Hall–Kier alpha value is -1.30. The lowest BCUT2D eigenvalue weighted by Gasteiger charge is -2.53. The summed E-state index contributed by atoms with van der Waals surface area (Å²) >= 11 is 0. The van der Waals surface area contributed by atoms with Crippen molar-refractivity contribution >= 4 is 12.0 Å². The van der Waals surface area contributed by atoms with Crippen molar-refractivity contribution in [3.05, 3.63) is 0 Å². The van der Waals surface area contributed by atoms with Crippen LogP contribution in [0.4, 0.5) is 4.79 Å². The molecule has 0 unspecified atom stereocenters. The molecule has 2 saturated heterocycles. The number of hydrogen-bond donors (Lipinski definition) is 0. The Balaban J connectivity index is 2.06. The van der Waals surface area contributed by atoms with E-state index in [9.17, 15) is 9.59 Å². The van der Waals surface area contributed by atoms with E-state index in [-0.39, 0.29) is 23.6 Å². The fourth-order valence-electron chi connectivity index (χ4n) is 3.45. The van der Waals surface area contributed by atoms with Crippen LogP contribution in [0.25, 0.3) is 0 Å². The van der Waals surface area contributed by atoms with Crippen LogP contribution in [0.15, 0.2) is 0 Å². The first-order chi connectivity index (χ1) is 10.9. The predicted molar refractivity (Wildman–Crippen MR) is 91.8 cm³/mol. The fourth-order valence-corrected chi connectivity index (χ4v) is 3.45. The highest BCUT2D eigenvalue weighted by atomic mass is 16.6. The highest BCUT2D eigenvalue weighted by Gasteiger charge is 2.51. The number of likely N-dealkylation sites (tertiary alicyclic amines) is 1. The highest BCUT2D eigenvalue weighted by molar-refractivity contribution is 5.85. The molecular weight excluding hydrogens is 308 g/mol. The quantitative estimate of drug-likeness (QED) is 0.736. The summed E-state index contributed by atoms with van der Waals surface area (Å²) in [5, 5.41) is 0. The monoisotopic (exact) mass is 340 g/mol. The van der Waals surface area contributed by atoms with Gasteiger partial charge in [-0.15, -0.1) is 0 Å². The van der Waals surface area contributed by atoms with E-state index in [0.717, 1.165) is 0 Å². The molecule has 1 spiro atoms. The minimum atomic E-state index is -0.823. The van der Waals surface area contributed by atoms with Crippen LogP contribution in [0.2, 0.25) is 0 Å². The molecule has 2 amide bonds. The molecule has 0 aromatic rings. The maximum Gasteiger partial charge on any atom is 0.410 e. The van der Waals surface area contributed by atoms with Crippen LogP contribution in [0.5, 0.6) is 0 Å². The van der Waals surface area contributed by atoms with E-state index < -0.39 is 11.2 Å². The van der Waals surface area contributed by atoms with Gasteiger partial charge in [-0.1, -0.05) is 0 Å². The molecule has 0 aromatic carbocycles. The zero-order valence-corrected chi connectivity index (χ0v) is 16.1. The minimum absolute atomic E-state index is 0.0395. The summed E-state index contributed by atoms with van der Waals surface area (Å²) in [7, 11) is 0. The van der Waals surface area contributed by atoms with Gasteiger partial charge in [0.15, 0.2) is 0 Å². The van der Waals surface area contributed by atoms with E-state index >= 15 is 0 Å². The van der Waals surface area contributed by atoms with Crippen LogP contribution >= 0.6 is 0 Å². The molecule has 138 valence electrons. The Kier molecular flexibility index (Phi) is 4.92. The second-order valence-corrected chi connectivity index (χ2v) is 8.79. The van der Waals surface area contributed by atoms with Gasteiger partial charge in [-0.2, -0.15) is 0 Å². The van der Waals surface area contributed by atoms with Gasteiger partial charge in [-0.05, 0) is 61.3 Å². The molecule has 2 rings (SSSR count). The van der Waals surface area contributed by atoms with Crippen molar-refractivity contribution < 1.29 is 19.1 Å². The average molecular weight is 340 g/mol. The molecule has 0 atom stereocenters. The zero-order chi connectivity index (χ0) is 18.3. The largest absolute Gasteiger partial charge is 0.444 e. The zero-order valence-electron chi connectivity index (χ0n) is 16.1. The second-order valence-electron chi connectivity index (χ2n) is 8.79. The molecule has 6 nitrogen and oxygen atoms in total. The van der Waals surface area contributed by atoms with Crippen molar-refractivity contribution in [2.45, 2.75) is 84.2 Å². The molecule has 24 heavy (non-hydrogen) atoms. The standard InChI is InChI=1S/C18H32N2O4/c1-13(2)20-12-18(24-17(6,7)14(20)21)8-10-19(11-9-18)15(22)23-16(3,4)5/h13H,8-12H2,1-7H3. The predicted octanol–water partition coefficient (Wildman–Crippen LogP) is 2.80. The third-order valence-corrected chi connectivity index (χ3v) is 4.66. The van der Waals surface area contributed by atoms with Crippen LogP contribution in [-0.4, -0.2) is 64.3 Å². The molecule has 0 N–H and O–H groups in total. The van der Waals surface area contributed by atoms with Gasteiger partial charge in [0.05, 0.1) is 12.1 Å². The first-order valence-electron chi connectivity index (χ1n) is 8.84. The van der Waals surface area contributed by atoms with Crippen molar-refractivity contribution in [3.8, 4) is 0 Å². The first kappa shape index (κ1) is 19.0. The molecular formula is C18H32N2O4. The van der Waals surface area contributed by atoms with Gasteiger partial charge in [-0.25, -0.2) is 4.79 Å². The number of carbonyl (C=O) groups is 2. The molecule has 2 aliphatic rings. The van der Waals surface area contributed by atoms with Crippen molar-refractivity contribution in [1.82, 2.24) is 9.80 Å². The lowest BCUT2D eigenvalue weighted by molar-refractivity contribution is -0.218. The number of morpholine rings is 1. The Morgan fingerprint density at radius 1 is 1.21 bits per heavy atom. The minimum Gasteiger partial charge on any atom is -0.444 e. The van der Waals surface area contributed by atoms with Crippen molar-refractivity contribution in [2.24, 2.45) is 0 Å². The fraction of sp³-hybridized carbons (Fsp3) is 0.889. The van der Waals surface area contributed by atoms with E-state index in [1.807, 2.05) is 53.4 Å². The lowest BCUT2D eigenvalue weighted by atomic mass is 9.86. The van der Waals surface area contributed by atoms with Crippen molar-refractivity contribution in [1.29, 1.82) is 0 Å². The number of carbonyl (C=O) groups excluding carboxylic acids is 2. The Bertz CT molecular complexity index is 500. The summed E-state index contributed by atoms with van der Waals surface area (Å²) in [5.74, 6) is 0.0395. The van der Waals surface area contributed by atoms with Gasteiger partial charge >= 0.3 is 6.09 Å².